The quantitative estimate of drug-likeness (QED) is 0.280. The van der Waals surface area contributed by atoms with Gasteiger partial charge in [0, 0.05) is 25.6 Å². The molecule has 3 amide bonds. The van der Waals surface area contributed by atoms with Crippen LogP contribution in [0.15, 0.2) is 30.3 Å². The Bertz CT molecular complexity index is 1250. The second kappa shape index (κ2) is 13.5. The number of hydrogen-bond acceptors (Lipinski definition) is 7. The maximum atomic E-state index is 14.2. The minimum absolute atomic E-state index is 0.0561. The number of fused-ring (bicyclic) bond motifs is 1. The summed E-state index contributed by atoms with van der Waals surface area (Å²) in [4.78, 5) is 54.5. The summed E-state index contributed by atoms with van der Waals surface area (Å²) in [5.74, 6) is -3.48. The lowest BCUT2D eigenvalue weighted by Crippen LogP contribution is -2.58. The molecule has 4 rings (SSSR count). The fraction of sp³-hybridized carbons (Fsp3) is 0.655. The Morgan fingerprint density at radius 1 is 1.02 bits per heavy atom. The number of nitrogens with zero attached hydrogens (tertiary/aromatic N) is 2. The van der Waals surface area contributed by atoms with Crippen molar-refractivity contribution in [3.63, 3.8) is 0 Å². The Kier molecular flexibility index (Phi) is 10.3. The van der Waals surface area contributed by atoms with Gasteiger partial charge in [0.2, 0.25) is 27.7 Å². The number of amides is 3. The molecule has 0 spiro atoms. The van der Waals surface area contributed by atoms with Crippen molar-refractivity contribution in [2.45, 2.75) is 82.1 Å². The minimum Gasteiger partial charge on any atom is -0.480 e. The SMILES string of the molecule is CNC(C)C(=O)NC(C(=O)N1CCC2C1C(C(=O)NC(Cc1ccccc1)C(=O)O)CN2S(C)(=O)=O)C1CCCCC1. The van der Waals surface area contributed by atoms with Crippen LogP contribution >= 0.6 is 0 Å². The molecule has 1 aromatic carbocycles. The third kappa shape index (κ3) is 7.12. The Morgan fingerprint density at radius 3 is 2.29 bits per heavy atom. The molecule has 0 aromatic heterocycles. The average molecular weight is 606 g/mol. The van der Waals surface area contributed by atoms with Gasteiger partial charge in [-0.1, -0.05) is 49.6 Å². The summed E-state index contributed by atoms with van der Waals surface area (Å²) in [7, 11) is -2.06. The van der Waals surface area contributed by atoms with Gasteiger partial charge in [0.05, 0.1) is 24.3 Å². The second-order valence-corrected chi connectivity index (χ2v) is 13.7. The second-order valence-electron chi connectivity index (χ2n) is 11.8. The molecule has 1 aromatic rings. The van der Waals surface area contributed by atoms with Crippen LogP contribution in [-0.2, 0) is 35.6 Å². The molecule has 1 saturated carbocycles. The van der Waals surface area contributed by atoms with Gasteiger partial charge < -0.3 is 26.0 Å². The molecule has 42 heavy (non-hydrogen) atoms. The van der Waals surface area contributed by atoms with Gasteiger partial charge in [0.25, 0.3) is 0 Å². The zero-order valence-corrected chi connectivity index (χ0v) is 25.3. The summed E-state index contributed by atoms with van der Waals surface area (Å²) in [5, 5.41) is 18.3. The smallest absolute Gasteiger partial charge is 0.326 e. The van der Waals surface area contributed by atoms with Crippen LogP contribution in [0, 0.1) is 11.8 Å². The predicted molar refractivity (Wildman–Crippen MR) is 156 cm³/mol. The van der Waals surface area contributed by atoms with Crippen LogP contribution in [0.25, 0.3) is 0 Å². The molecule has 4 N–H and O–H groups in total. The summed E-state index contributed by atoms with van der Waals surface area (Å²) >= 11 is 0. The van der Waals surface area contributed by atoms with E-state index in [1.807, 2.05) is 6.07 Å². The van der Waals surface area contributed by atoms with Gasteiger partial charge >= 0.3 is 5.97 Å². The first kappa shape index (κ1) is 31.9. The van der Waals surface area contributed by atoms with Gasteiger partial charge in [-0.15, -0.1) is 0 Å². The molecule has 1 aliphatic carbocycles. The van der Waals surface area contributed by atoms with Crippen molar-refractivity contribution in [3.05, 3.63) is 35.9 Å². The topological polar surface area (TPSA) is 165 Å². The monoisotopic (exact) mass is 605 g/mol. The molecule has 2 saturated heterocycles. The number of likely N-dealkylation sites (N-methyl/N-ethyl adjacent to an activating group) is 1. The average Bonchev–Trinajstić information content (AvgIpc) is 3.56. The first-order chi connectivity index (χ1) is 19.9. The third-order valence-electron chi connectivity index (χ3n) is 9.03. The normalized spacial score (nSPS) is 25.3. The lowest BCUT2D eigenvalue weighted by molar-refractivity contribution is -0.144. The molecule has 3 aliphatic rings. The van der Waals surface area contributed by atoms with Gasteiger partial charge in [-0.25, -0.2) is 13.2 Å². The van der Waals surface area contributed by atoms with E-state index in [2.05, 4.69) is 16.0 Å². The number of hydrogen-bond donors (Lipinski definition) is 4. The van der Waals surface area contributed by atoms with E-state index in [0.29, 0.717) is 6.42 Å². The summed E-state index contributed by atoms with van der Waals surface area (Å²) < 4.78 is 26.8. The zero-order chi connectivity index (χ0) is 30.6. The molecule has 2 aliphatic heterocycles. The summed E-state index contributed by atoms with van der Waals surface area (Å²) in [6, 6.07) is 4.98. The Balaban J connectivity index is 1.61. The van der Waals surface area contributed by atoms with Crippen LogP contribution in [0.2, 0.25) is 0 Å². The molecule has 13 heteroatoms. The fourth-order valence-electron chi connectivity index (χ4n) is 6.68. The maximum absolute atomic E-state index is 14.2. The molecule has 0 bridgehead atoms. The summed E-state index contributed by atoms with van der Waals surface area (Å²) in [5.41, 5.74) is 0.729. The highest BCUT2D eigenvalue weighted by Crippen LogP contribution is 2.39. The van der Waals surface area contributed by atoms with Crippen LogP contribution in [0.4, 0.5) is 0 Å². The lowest BCUT2D eigenvalue weighted by atomic mass is 9.83. The summed E-state index contributed by atoms with van der Waals surface area (Å²) in [6.45, 7) is 1.79. The number of carbonyl (C=O) groups excluding carboxylic acids is 3. The van der Waals surface area contributed by atoms with Gasteiger partial charge in [0.15, 0.2) is 0 Å². The highest BCUT2D eigenvalue weighted by Gasteiger charge is 2.56. The van der Waals surface area contributed by atoms with Crippen molar-refractivity contribution >= 4 is 33.7 Å². The predicted octanol–water partition coefficient (Wildman–Crippen LogP) is 0.332. The zero-order valence-electron chi connectivity index (χ0n) is 24.5. The number of aliphatic carboxylic acids is 1. The lowest BCUT2D eigenvalue weighted by Gasteiger charge is -2.36. The molecule has 3 fully saturated rings. The number of nitrogens with one attached hydrogen (secondary N) is 3. The van der Waals surface area contributed by atoms with E-state index in [1.165, 1.54) is 4.31 Å². The van der Waals surface area contributed by atoms with E-state index >= 15 is 0 Å². The maximum Gasteiger partial charge on any atom is 0.326 e. The Labute approximate surface area is 247 Å². The Hall–Kier alpha value is -3.03. The van der Waals surface area contributed by atoms with E-state index in [9.17, 15) is 32.7 Å². The molecular weight excluding hydrogens is 562 g/mol. The van der Waals surface area contributed by atoms with E-state index in [-0.39, 0.29) is 37.2 Å². The van der Waals surface area contributed by atoms with Crippen LogP contribution in [0.5, 0.6) is 0 Å². The van der Waals surface area contributed by atoms with E-state index in [1.54, 1.807) is 43.1 Å². The van der Waals surface area contributed by atoms with E-state index in [0.717, 1.165) is 43.9 Å². The van der Waals surface area contributed by atoms with Crippen LogP contribution in [0.3, 0.4) is 0 Å². The van der Waals surface area contributed by atoms with Crippen LogP contribution in [0.1, 0.15) is 51.0 Å². The number of rotatable bonds is 11. The molecule has 2 heterocycles. The highest BCUT2D eigenvalue weighted by molar-refractivity contribution is 7.88. The van der Waals surface area contributed by atoms with Crippen molar-refractivity contribution in [2.24, 2.45) is 11.8 Å². The first-order valence-electron chi connectivity index (χ1n) is 14.7. The minimum atomic E-state index is -3.72. The number of benzene rings is 1. The molecule has 12 nitrogen and oxygen atoms in total. The van der Waals surface area contributed by atoms with Crippen molar-refractivity contribution in [1.82, 2.24) is 25.2 Å². The number of carboxylic acids is 1. The first-order valence-corrected chi connectivity index (χ1v) is 16.6. The van der Waals surface area contributed by atoms with E-state index in [4.69, 9.17) is 0 Å². The van der Waals surface area contributed by atoms with Crippen molar-refractivity contribution in [1.29, 1.82) is 0 Å². The van der Waals surface area contributed by atoms with Gasteiger partial charge in [-0.05, 0) is 44.7 Å². The standard InChI is InChI=1S/C29H43N5O7S/c1-18(30-2)26(35)32-24(20-12-8-5-9-13-20)28(37)33-15-14-23-25(33)21(17-34(23)42(3,40)41)27(36)31-22(29(38)39)16-19-10-6-4-7-11-19/h4,6-7,10-11,18,20-25,30H,5,8-9,12-17H2,1-3H3,(H,31,36)(H,32,35)(H,38,39). The molecule has 6 atom stereocenters. The number of carbonyl (C=O) groups is 4. The van der Waals surface area contributed by atoms with E-state index < -0.39 is 58.0 Å². The van der Waals surface area contributed by atoms with Gasteiger partial charge in [0.1, 0.15) is 12.1 Å². The molecule has 232 valence electrons. The number of carboxylic acid groups (broad SMARTS) is 1. The van der Waals surface area contributed by atoms with Crippen molar-refractivity contribution in [3.8, 4) is 0 Å². The van der Waals surface area contributed by atoms with Crippen LogP contribution < -0.4 is 16.0 Å². The van der Waals surface area contributed by atoms with Gasteiger partial charge in [-0.2, -0.15) is 4.31 Å². The highest BCUT2D eigenvalue weighted by atomic mass is 32.2. The fourth-order valence-corrected chi connectivity index (χ4v) is 7.83. The van der Waals surface area contributed by atoms with Crippen molar-refractivity contribution < 1.29 is 32.7 Å². The largest absolute Gasteiger partial charge is 0.480 e. The van der Waals surface area contributed by atoms with Crippen molar-refractivity contribution in [2.75, 3.05) is 26.4 Å². The number of likely N-dealkylation sites (tertiary alicyclic amines) is 1. The molecular formula is C29H43N5O7S. The third-order valence-corrected chi connectivity index (χ3v) is 10.3. The Morgan fingerprint density at radius 2 is 1.69 bits per heavy atom. The van der Waals surface area contributed by atoms with Gasteiger partial charge in [-0.3, -0.25) is 14.4 Å². The molecule has 0 radical (unpaired) electrons. The number of sulfonamides is 1. The molecule has 6 unspecified atom stereocenters. The van der Waals surface area contributed by atoms with Crippen LogP contribution in [-0.4, -0.2) is 103 Å². The summed E-state index contributed by atoms with van der Waals surface area (Å²) in [6.07, 6.45) is 6.00.